The van der Waals surface area contributed by atoms with E-state index in [1.54, 1.807) is 28.0 Å². The number of nitrogens with one attached hydrogen (secondary N) is 1. The summed E-state index contributed by atoms with van der Waals surface area (Å²) < 4.78 is 0. The van der Waals surface area contributed by atoms with Gasteiger partial charge in [-0.25, -0.2) is 0 Å². The molecule has 2 fully saturated rings. The Bertz CT molecular complexity index is 1860. The number of hydrogen-bond acceptors (Lipinski definition) is 2. The first-order chi connectivity index (χ1) is 27.7. The van der Waals surface area contributed by atoms with Crippen molar-refractivity contribution in [2.24, 2.45) is 29.6 Å². The summed E-state index contributed by atoms with van der Waals surface area (Å²) in [4.78, 5) is 2.66. The van der Waals surface area contributed by atoms with Gasteiger partial charge in [-0.2, -0.15) is 0 Å². The molecule has 5 atom stereocenters. The van der Waals surface area contributed by atoms with Crippen molar-refractivity contribution in [2.75, 3.05) is 4.90 Å². The molecule has 1 heterocycles. The molecule has 8 aliphatic carbocycles. The van der Waals surface area contributed by atoms with Crippen molar-refractivity contribution in [1.29, 1.82) is 0 Å². The Morgan fingerprint density at radius 1 is 0.607 bits per heavy atom. The fourth-order valence-electron chi connectivity index (χ4n) is 13.3. The van der Waals surface area contributed by atoms with Gasteiger partial charge >= 0.3 is 0 Å². The summed E-state index contributed by atoms with van der Waals surface area (Å²) in [5.41, 5.74) is 16.2. The van der Waals surface area contributed by atoms with Gasteiger partial charge in [0.25, 0.3) is 0 Å². The minimum absolute atomic E-state index is 0.450. The van der Waals surface area contributed by atoms with Crippen LogP contribution in [0, 0.1) is 29.6 Å². The first-order valence-corrected chi connectivity index (χ1v) is 24.0. The van der Waals surface area contributed by atoms with Crippen LogP contribution in [0.25, 0.3) is 0 Å². The van der Waals surface area contributed by atoms with Crippen LogP contribution in [0.5, 0.6) is 0 Å². The molecule has 0 saturated heterocycles. The van der Waals surface area contributed by atoms with Crippen molar-refractivity contribution >= 4 is 5.69 Å². The summed E-state index contributed by atoms with van der Waals surface area (Å²) in [6.07, 6.45) is 54.6. The average Bonchev–Trinajstić information content (AvgIpc) is 3.61. The quantitative estimate of drug-likeness (QED) is 0.267. The molecule has 1 aromatic carbocycles. The van der Waals surface area contributed by atoms with Crippen LogP contribution in [0.4, 0.5) is 5.69 Å². The summed E-state index contributed by atoms with van der Waals surface area (Å²) in [7, 11) is 0. The number of allylic oxidation sites excluding steroid dienone is 15. The van der Waals surface area contributed by atoms with Crippen LogP contribution in [0.15, 0.2) is 118 Å². The van der Waals surface area contributed by atoms with Crippen LogP contribution in [-0.2, 0) is 0 Å². The maximum absolute atomic E-state index is 4.37. The normalized spacial score (nSPS) is 31.7. The number of fused-ring (bicyclic) bond motifs is 3. The fourth-order valence-corrected chi connectivity index (χ4v) is 13.3. The van der Waals surface area contributed by atoms with E-state index in [-0.39, 0.29) is 0 Å². The van der Waals surface area contributed by atoms with Crippen molar-refractivity contribution in [1.82, 2.24) is 5.32 Å². The highest BCUT2D eigenvalue weighted by atomic mass is 15.2. The monoisotopic (exact) mass is 747 g/mol. The van der Waals surface area contributed by atoms with E-state index in [9.17, 15) is 0 Å². The molecule has 2 nitrogen and oxygen atoms in total. The van der Waals surface area contributed by atoms with Gasteiger partial charge in [0.1, 0.15) is 0 Å². The predicted octanol–water partition coefficient (Wildman–Crippen LogP) is 14.8. The Labute approximate surface area is 340 Å². The van der Waals surface area contributed by atoms with E-state index in [4.69, 9.17) is 0 Å². The standard InChI is InChI=1S/C54H70N2/c1-4-16-38(17-5-1)42-23-15-25-48(36-42)56-53-29-13-11-27-50(53)51-37-43(30-31-54(51)56)41-22-14-24-44(32-41)49-26-10-12-28-52(49)55-47-34-45(39-18-6-2-7-19-39)33-46(35-47)40-20-8-3-9-21-40/h11,13,15-16,23,25,27,29-32,34,39-40,42,44,46-47,51,55H,1-10,12,14,17-22,24,26,28,33,35-37H2. The third-order valence-electron chi connectivity index (χ3n) is 16.2. The molecule has 5 unspecified atom stereocenters. The van der Waals surface area contributed by atoms with Crippen molar-refractivity contribution in [3.8, 4) is 0 Å². The summed E-state index contributed by atoms with van der Waals surface area (Å²) >= 11 is 0. The maximum Gasteiger partial charge on any atom is 0.0494 e. The SMILES string of the molecule is C1=CC(C2=CCCCC2)CC(N2C3=CC=C(C4=CC(C5=C(NC6C=C(C7CCCCC7)CC(C7CCCCC7)C6)CCCC5)CCC4)CC3c3ccccc32)=C1. The van der Waals surface area contributed by atoms with Gasteiger partial charge in [-0.05, 0) is 167 Å². The molecule has 56 heavy (non-hydrogen) atoms. The Morgan fingerprint density at radius 3 is 2.32 bits per heavy atom. The second-order valence-electron chi connectivity index (χ2n) is 19.6. The van der Waals surface area contributed by atoms with Crippen molar-refractivity contribution in [2.45, 2.75) is 172 Å². The van der Waals surface area contributed by atoms with Crippen molar-refractivity contribution in [3.63, 3.8) is 0 Å². The number of para-hydroxylation sites is 1. The smallest absolute Gasteiger partial charge is 0.0494 e. The molecule has 2 heteroatoms. The van der Waals surface area contributed by atoms with E-state index in [0.717, 1.165) is 30.6 Å². The van der Waals surface area contributed by atoms with Crippen LogP contribution in [0.2, 0.25) is 0 Å². The Kier molecular flexibility index (Phi) is 11.2. The second kappa shape index (κ2) is 16.9. The lowest BCUT2D eigenvalue weighted by Gasteiger charge is -2.40. The van der Waals surface area contributed by atoms with E-state index in [1.807, 2.05) is 5.57 Å². The molecular formula is C54H70N2. The van der Waals surface area contributed by atoms with Gasteiger partial charge in [-0.3, -0.25) is 0 Å². The zero-order chi connectivity index (χ0) is 37.3. The number of anilines is 1. The van der Waals surface area contributed by atoms with Gasteiger partial charge in [0.05, 0.1) is 0 Å². The largest absolute Gasteiger partial charge is 0.382 e. The lowest BCUT2D eigenvalue weighted by molar-refractivity contribution is 0.208. The van der Waals surface area contributed by atoms with Crippen LogP contribution >= 0.6 is 0 Å². The molecule has 1 N–H and O–H groups in total. The van der Waals surface area contributed by atoms with E-state index >= 15 is 0 Å². The average molecular weight is 747 g/mol. The number of benzene rings is 1. The number of rotatable bonds is 8. The van der Waals surface area contributed by atoms with E-state index < -0.39 is 0 Å². The zero-order valence-electron chi connectivity index (χ0n) is 34.6. The highest BCUT2D eigenvalue weighted by molar-refractivity contribution is 5.74. The highest BCUT2D eigenvalue weighted by Gasteiger charge is 2.39. The van der Waals surface area contributed by atoms with Crippen molar-refractivity contribution < 1.29 is 0 Å². The van der Waals surface area contributed by atoms with Gasteiger partial charge in [0.2, 0.25) is 0 Å². The van der Waals surface area contributed by atoms with Gasteiger partial charge in [-0.1, -0.05) is 117 Å². The molecule has 0 amide bonds. The minimum atomic E-state index is 0.450. The number of nitrogens with zero attached hydrogens (tertiary/aromatic N) is 1. The molecule has 0 spiro atoms. The molecule has 0 radical (unpaired) electrons. The first kappa shape index (κ1) is 37.0. The predicted molar refractivity (Wildman–Crippen MR) is 236 cm³/mol. The zero-order valence-corrected chi connectivity index (χ0v) is 34.6. The van der Waals surface area contributed by atoms with E-state index in [2.05, 4.69) is 83.1 Å². The molecule has 9 aliphatic rings. The van der Waals surface area contributed by atoms with Gasteiger partial charge < -0.3 is 10.2 Å². The Hall–Kier alpha value is -3.26. The molecule has 1 aromatic rings. The van der Waals surface area contributed by atoms with E-state index in [0.29, 0.717) is 23.8 Å². The molecular weight excluding hydrogens is 677 g/mol. The third-order valence-corrected chi connectivity index (χ3v) is 16.2. The number of hydrogen-bond donors (Lipinski definition) is 1. The topological polar surface area (TPSA) is 15.3 Å². The molecule has 1 aliphatic heterocycles. The summed E-state index contributed by atoms with van der Waals surface area (Å²) in [5, 5.41) is 4.37. The molecule has 0 bridgehead atoms. The third kappa shape index (κ3) is 7.69. The van der Waals surface area contributed by atoms with Crippen LogP contribution in [0.1, 0.15) is 172 Å². The lowest BCUT2D eigenvalue weighted by atomic mass is 9.68. The maximum atomic E-state index is 4.37. The molecule has 296 valence electrons. The van der Waals surface area contributed by atoms with Crippen LogP contribution in [0.3, 0.4) is 0 Å². The summed E-state index contributed by atoms with van der Waals surface area (Å²) in [5.74, 6) is 4.34. The van der Waals surface area contributed by atoms with Gasteiger partial charge in [0, 0.05) is 46.6 Å². The van der Waals surface area contributed by atoms with Gasteiger partial charge in [-0.15, -0.1) is 0 Å². The fraction of sp³-hybridized carbons (Fsp3) is 0.593. The molecule has 2 saturated carbocycles. The molecule has 10 rings (SSSR count). The van der Waals surface area contributed by atoms with Gasteiger partial charge in [0.15, 0.2) is 0 Å². The van der Waals surface area contributed by atoms with Crippen LogP contribution in [-0.4, -0.2) is 6.04 Å². The molecule has 0 aromatic heterocycles. The highest BCUT2D eigenvalue weighted by Crippen LogP contribution is 2.53. The Morgan fingerprint density at radius 2 is 1.45 bits per heavy atom. The van der Waals surface area contributed by atoms with E-state index in [1.165, 1.54) is 170 Å². The first-order valence-electron chi connectivity index (χ1n) is 24.0. The van der Waals surface area contributed by atoms with Crippen LogP contribution < -0.4 is 10.2 Å². The Balaban J connectivity index is 0.902. The second-order valence-corrected chi connectivity index (χ2v) is 19.6. The minimum Gasteiger partial charge on any atom is -0.382 e. The lowest BCUT2D eigenvalue weighted by Crippen LogP contribution is -2.37. The summed E-state index contributed by atoms with van der Waals surface area (Å²) in [6.45, 7) is 0. The van der Waals surface area contributed by atoms with Crippen molar-refractivity contribution in [3.05, 3.63) is 123 Å². The summed E-state index contributed by atoms with van der Waals surface area (Å²) in [6, 6.07) is 9.89.